The molecule has 0 amide bonds. The van der Waals surface area contributed by atoms with E-state index in [2.05, 4.69) is 0 Å². The van der Waals surface area contributed by atoms with Crippen molar-refractivity contribution in [3.8, 4) is 0 Å². The zero-order valence-corrected chi connectivity index (χ0v) is 8.83. The fraction of sp³-hybridized carbons (Fsp3) is 0.500. The zero-order chi connectivity index (χ0) is 11.5. The molecule has 1 aromatic carbocycles. The molecule has 2 unspecified atom stereocenters. The summed E-state index contributed by atoms with van der Waals surface area (Å²) < 4.78 is 31.4. The number of halogens is 2. The van der Waals surface area contributed by atoms with Crippen LogP contribution < -0.4 is 0 Å². The van der Waals surface area contributed by atoms with Crippen LogP contribution in [-0.4, -0.2) is 18.3 Å². The molecule has 2 nitrogen and oxygen atoms in total. The summed E-state index contributed by atoms with van der Waals surface area (Å²) in [5.41, 5.74) is 0.150. The number of aliphatic hydroxyl groups excluding tert-OH is 1. The lowest BCUT2D eigenvalue weighted by Gasteiger charge is -2.27. The number of hydrogen-bond donors (Lipinski definition) is 1. The fourth-order valence-electron chi connectivity index (χ4n) is 2.01. The largest absolute Gasteiger partial charge is 0.388 e. The van der Waals surface area contributed by atoms with E-state index < -0.39 is 17.7 Å². The number of ether oxygens (including phenoxy) is 1. The van der Waals surface area contributed by atoms with Gasteiger partial charge in [-0.1, -0.05) is 6.07 Å². The van der Waals surface area contributed by atoms with Gasteiger partial charge in [0.2, 0.25) is 0 Å². The van der Waals surface area contributed by atoms with Crippen LogP contribution in [0.2, 0.25) is 0 Å². The lowest BCUT2D eigenvalue weighted by molar-refractivity contribution is -0.0112. The molecule has 2 atom stereocenters. The second kappa shape index (κ2) is 4.89. The smallest absolute Gasteiger partial charge is 0.131 e. The Bertz CT molecular complexity index is 362. The molecule has 1 N–H and O–H groups in total. The van der Waals surface area contributed by atoms with Crippen molar-refractivity contribution < 1.29 is 18.6 Å². The van der Waals surface area contributed by atoms with Crippen molar-refractivity contribution in [2.45, 2.75) is 18.9 Å². The van der Waals surface area contributed by atoms with Gasteiger partial charge in [-0.05, 0) is 18.9 Å². The molecule has 1 aromatic rings. The molecular weight excluding hydrogens is 214 g/mol. The first-order chi connectivity index (χ1) is 7.68. The van der Waals surface area contributed by atoms with Gasteiger partial charge in [0.25, 0.3) is 0 Å². The summed E-state index contributed by atoms with van der Waals surface area (Å²) in [6.45, 7) is 1.12. The third-order valence-corrected chi connectivity index (χ3v) is 2.92. The topological polar surface area (TPSA) is 29.5 Å². The van der Waals surface area contributed by atoms with Crippen LogP contribution in [0.25, 0.3) is 0 Å². The number of hydrogen-bond acceptors (Lipinski definition) is 2. The molecule has 0 saturated carbocycles. The maximum absolute atomic E-state index is 13.4. The molecule has 0 spiro atoms. The van der Waals surface area contributed by atoms with Crippen LogP contribution in [0.1, 0.15) is 24.5 Å². The van der Waals surface area contributed by atoms with E-state index in [1.807, 2.05) is 0 Å². The molecule has 1 fully saturated rings. The van der Waals surface area contributed by atoms with Gasteiger partial charge in [-0.15, -0.1) is 0 Å². The molecule has 16 heavy (non-hydrogen) atoms. The summed E-state index contributed by atoms with van der Waals surface area (Å²) in [6, 6.07) is 3.25. The lowest BCUT2D eigenvalue weighted by atomic mass is 9.91. The van der Waals surface area contributed by atoms with E-state index in [9.17, 15) is 13.9 Å². The van der Waals surface area contributed by atoms with Gasteiger partial charge >= 0.3 is 0 Å². The average Bonchev–Trinajstić information content (AvgIpc) is 2.29. The summed E-state index contributed by atoms with van der Waals surface area (Å²) in [7, 11) is 0. The van der Waals surface area contributed by atoms with Crippen LogP contribution in [0, 0.1) is 17.6 Å². The normalized spacial score (nSPS) is 23.1. The van der Waals surface area contributed by atoms with Crippen molar-refractivity contribution in [1.29, 1.82) is 0 Å². The van der Waals surface area contributed by atoms with Gasteiger partial charge in [-0.25, -0.2) is 8.78 Å². The van der Waals surface area contributed by atoms with Gasteiger partial charge < -0.3 is 9.84 Å². The monoisotopic (exact) mass is 228 g/mol. The van der Waals surface area contributed by atoms with Crippen LogP contribution in [0.5, 0.6) is 0 Å². The van der Waals surface area contributed by atoms with Crippen LogP contribution >= 0.6 is 0 Å². The Morgan fingerprint density at radius 3 is 2.81 bits per heavy atom. The zero-order valence-electron chi connectivity index (χ0n) is 8.83. The first kappa shape index (κ1) is 11.5. The van der Waals surface area contributed by atoms with E-state index in [1.165, 1.54) is 6.07 Å². The Balaban J connectivity index is 2.15. The van der Waals surface area contributed by atoms with E-state index >= 15 is 0 Å². The second-order valence-corrected chi connectivity index (χ2v) is 4.09. The van der Waals surface area contributed by atoms with Crippen molar-refractivity contribution >= 4 is 0 Å². The van der Waals surface area contributed by atoms with Crippen molar-refractivity contribution in [3.63, 3.8) is 0 Å². The molecule has 88 valence electrons. The summed E-state index contributed by atoms with van der Waals surface area (Å²) in [5, 5.41) is 9.97. The average molecular weight is 228 g/mol. The highest BCUT2D eigenvalue weighted by molar-refractivity contribution is 5.21. The molecule has 0 aromatic heterocycles. The number of rotatable bonds is 2. The molecular formula is C12H14F2O2. The van der Waals surface area contributed by atoms with Gasteiger partial charge in [0, 0.05) is 24.2 Å². The van der Waals surface area contributed by atoms with E-state index in [4.69, 9.17) is 4.74 Å². The highest BCUT2D eigenvalue weighted by Gasteiger charge is 2.25. The summed E-state index contributed by atoms with van der Waals surface area (Å²) in [4.78, 5) is 0. The lowest BCUT2D eigenvalue weighted by Crippen LogP contribution is -2.24. The Hall–Kier alpha value is -1.00. The van der Waals surface area contributed by atoms with Crippen LogP contribution in [-0.2, 0) is 4.74 Å². The predicted octanol–water partition coefficient (Wildman–Crippen LogP) is 2.42. The predicted molar refractivity (Wildman–Crippen MR) is 54.9 cm³/mol. The highest BCUT2D eigenvalue weighted by Crippen LogP contribution is 2.30. The van der Waals surface area contributed by atoms with Crippen molar-refractivity contribution in [2.75, 3.05) is 13.2 Å². The van der Waals surface area contributed by atoms with E-state index in [0.717, 1.165) is 25.0 Å². The minimum atomic E-state index is -0.916. The highest BCUT2D eigenvalue weighted by atomic mass is 19.1. The third kappa shape index (κ3) is 2.39. The molecule has 1 saturated heterocycles. The number of benzene rings is 1. The first-order valence-electron chi connectivity index (χ1n) is 5.39. The summed E-state index contributed by atoms with van der Waals surface area (Å²) in [6.07, 6.45) is 0.753. The van der Waals surface area contributed by atoms with Crippen molar-refractivity contribution in [3.05, 3.63) is 35.4 Å². The van der Waals surface area contributed by atoms with E-state index in [1.54, 1.807) is 0 Å². The van der Waals surface area contributed by atoms with Crippen LogP contribution in [0.3, 0.4) is 0 Å². The Morgan fingerprint density at radius 2 is 2.19 bits per heavy atom. The summed E-state index contributed by atoms with van der Waals surface area (Å²) >= 11 is 0. The van der Waals surface area contributed by atoms with Gasteiger partial charge in [-0.2, -0.15) is 0 Å². The minimum absolute atomic E-state index is 0.103. The molecule has 0 aliphatic carbocycles. The van der Waals surface area contributed by atoms with Crippen molar-refractivity contribution in [1.82, 2.24) is 0 Å². The first-order valence-corrected chi connectivity index (χ1v) is 5.39. The SMILES string of the molecule is OC(c1ccc(F)cc1F)C1CCCOC1. The Kier molecular flexibility index (Phi) is 3.51. The molecule has 1 heterocycles. The molecule has 2 rings (SSSR count). The molecule has 1 aliphatic heterocycles. The molecule has 0 radical (unpaired) electrons. The van der Waals surface area contributed by atoms with Gasteiger partial charge in [0.15, 0.2) is 0 Å². The van der Waals surface area contributed by atoms with Gasteiger partial charge in [0.05, 0.1) is 12.7 Å². The van der Waals surface area contributed by atoms with Crippen LogP contribution in [0.4, 0.5) is 8.78 Å². The third-order valence-electron chi connectivity index (χ3n) is 2.92. The van der Waals surface area contributed by atoms with Crippen LogP contribution in [0.15, 0.2) is 18.2 Å². The van der Waals surface area contributed by atoms with Gasteiger partial charge in [0.1, 0.15) is 11.6 Å². The van der Waals surface area contributed by atoms with E-state index in [0.29, 0.717) is 13.2 Å². The maximum atomic E-state index is 13.4. The minimum Gasteiger partial charge on any atom is -0.388 e. The fourth-order valence-corrected chi connectivity index (χ4v) is 2.01. The van der Waals surface area contributed by atoms with Crippen molar-refractivity contribution in [2.24, 2.45) is 5.92 Å². The molecule has 1 aliphatic rings. The quantitative estimate of drug-likeness (QED) is 0.842. The van der Waals surface area contributed by atoms with E-state index in [-0.39, 0.29) is 11.5 Å². The standard InChI is InChI=1S/C12H14F2O2/c13-9-3-4-10(11(14)6-9)12(15)8-2-1-5-16-7-8/h3-4,6,8,12,15H,1-2,5,7H2. The number of aliphatic hydroxyl groups is 1. The molecule has 0 bridgehead atoms. The second-order valence-electron chi connectivity index (χ2n) is 4.09. The molecule has 4 heteroatoms. The maximum Gasteiger partial charge on any atom is 0.131 e. The summed E-state index contributed by atoms with van der Waals surface area (Å²) in [5.74, 6) is -1.43. The Morgan fingerprint density at radius 1 is 1.38 bits per heavy atom. The Labute approximate surface area is 92.9 Å². The van der Waals surface area contributed by atoms with Gasteiger partial charge in [-0.3, -0.25) is 0 Å².